The second-order valence-corrected chi connectivity index (χ2v) is 6.28. The van der Waals surface area contributed by atoms with Gasteiger partial charge in [0.15, 0.2) is 0 Å². The molecule has 3 rings (SSSR count). The summed E-state index contributed by atoms with van der Waals surface area (Å²) in [7, 11) is 0. The van der Waals surface area contributed by atoms with Crippen molar-refractivity contribution in [2.45, 2.75) is 32.4 Å². The van der Waals surface area contributed by atoms with E-state index in [1.807, 2.05) is 16.8 Å². The van der Waals surface area contributed by atoms with Gasteiger partial charge in [-0.3, -0.25) is 4.90 Å². The number of aromatic nitrogens is 2. The minimum Gasteiger partial charge on any atom is -0.338 e. The Balaban J connectivity index is 1.57. The largest absolute Gasteiger partial charge is 0.338 e. The van der Waals surface area contributed by atoms with Crippen LogP contribution in [0, 0.1) is 5.92 Å². The summed E-state index contributed by atoms with van der Waals surface area (Å²) < 4.78 is 5.34. The fraction of sp³-hybridized carbons (Fsp3) is 0.571. The Hall–Kier alpha value is -1.24. The van der Waals surface area contributed by atoms with Crippen molar-refractivity contribution in [3.8, 4) is 11.4 Å². The van der Waals surface area contributed by atoms with Crippen LogP contribution in [0.5, 0.6) is 0 Å². The van der Waals surface area contributed by atoms with Crippen LogP contribution in [0.15, 0.2) is 21.3 Å². The van der Waals surface area contributed by atoms with Crippen LogP contribution in [-0.4, -0.2) is 34.2 Å². The van der Waals surface area contributed by atoms with E-state index < -0.39 is 0 Å². The number of piperidine rings is 1. The summed E-state index contributed by atoms with van der Waals surface area (Å²) >= 11 is 1.64. The quantitative estimate of drug-likeness (QED) is 0.937. The number of hydrogen-bond acceptors (Lipinski definition) is 6. The molecule has 2 aromatic rings. The highest BCUT2D eigenvalue weighted by atomic mass is 32.1. The monoisotopic (exact) mass is 292 g/mol. The zero-order valence-corrected chi connectivity index (χ0v) is 12.5. The van der Waals surface area contributed by atoms with Crippen molar-refractivity contribution in [1.82, 2.24) is 15.0 Å². The molecule has 1 saturated heterocycles. The summed E-state index contributed by atoms with van der Waals surface area (Å²) in [6, 6.07) is 2.30. The van der Waals surface area contributed by atoms with Crippen LogP contribution >= 0.6 is 11.3 Å². The van der Waals surface area contributed by atoms with E-state index in [1.54, 1.807) is 11.3 Å². The lowest BCUT2D eigenvalue weighted by Crippen LogP contribution is -2.39. The lowest BCUT2D eigenvalue weighted by molar-refractivity contribution is 0.150. The molecule has 1 unspecified atom stereocenters. The van der Waals surface area contributed by atoms with Crippen LogP contribution in [0.25, 0.3) is 11.4 Å². The Labute approximate surface area is 122 Å². The standard InChI is InChI=1S/C14H20N4OS/c1-10(15)11-2-5-18(6-3-11)8-13-16-14(17-19-13)12-4-7-20-9-12/h4,7,9-11H,2-3,5-6,8,15H2,1H3. The number of nitrogens with zero attached hydrogens (tertiary/aromatic N) is 3. The minimum atomic E-state index is 0.297. The van der Waals surface area contributed by atoms with Gasteiger partial charge in [0.25, 0.3) is 0 Å². The SMILES string of the molecule is CC(N)C1CCN(Cc2nc(-c3ccsc3)no2)CC1. The highest BCUT2D eigenvalue weighted by Crippen LogP contribution is 2.22. The van der Waals surface area contributed by atoms with E-state index in [2.05, 4.69) is 22.0 Å². The van der Waals surface area contributed by atoms with E-state index >= 15 is 0 Å². The van der Waals surface area contributed by atoms with Crippen LogP contribution in [-0.2, 0) is 6.54 Å². The summed E-state index contributed by atoms with van der Waals surface area (Å²) in [5, 5.41) is 8.09. The van der Waals surface area contributed by atoms with Crippen molar-refractivity contribution in [2.24, 2.45) is 11.7 Å². The van der Waals surface area contributed by atoms with Gasteiger partial charge in [-0.2, -0.15) is 16.3 Å². The molecule has 0 saturated carbocycles. The fourth-order valence-corrected chi connectivity index (χ4v) is 3.29. The van der Waals surface area contributed by atoms with Gasteiger partial charge < -0.3 is 10.3 Å². The molecule has 2 N–H and O–H groups in total. The molecule has 108 valence electrons. The number of likely N-dealkylation sites (tertiary alicyclic amines) is 1. The van der Waals surface area contributed by atoms with Crippen molar-refractivity contribution < 1.29 is 4.52 Å². The number of hydrogen-bond donors (Lipinski definition) is 1. The lowest BCUT2D eigenvalue weighted by Gasteiger charge is -2.32. The van der Waals surface area contributed by atoms with Crippen LogP contribution < -0.4 is 5.73 Å². The molecule has 0 bridgehead atoms. The predicted molar refractivity (Wildman–Crippen MR) is 79.3 cm³/mol. The topological polar surface area (TPSA) is 68.2 Å². The molecule has 5 nitrogen and oxygen atoms in total. The summed E-state index contributed by atoms with van der Waals surface area (Å²) in [6.45, 7) is 4.96. The molecule has 1 aliphatic heterocycles. The maximum atomic E-state index is 5.96. The molecule has 3 heterocycles. The zero-order chi connectivity index (χ0) is 13.9. The highest BCUT2D eigenvalue weighted by molar-refractivity contribution is 7.08. The maximum Gasteiger partial charge on any atom is 0.241 e. The molecule has 0 aliphatic carbocycles. The highest BCUT2D eigenvalue weighted by Gasteiger charge is 2.23. The summed E-state index contributed by atoms with van der Waals surface area (Å²) in [5.41, 5.74) is 6.99. The molecular formula is C14H20N4OS. The van der Waals surface area contributed by atoms with Crippen LogP contribution in [0.4, 0.5) is 0 Å². The van der Waals surface area contributed by atoms with Crippen molar-refractivity contribution in [3.05, 3.63) is 22.7 Å². The third kappa shape index (κ3) is 3.08. The molecule has 1 fully saturated rings. The van der Waals surface area contributed by atoms with Crippen molar-refractivity contribution in [3.63, 3.8) is 0 Å². The number of nitrogens with two attached hydrogens (primary N) is 1. The van der Waals surface area contributed by atoms with Gasteiger partial charge in [0.2, 0.25) is 11.7 Å². The van der Waals surface area contributed by atoms with Gasteiger partial charge in [0.05, 0.1) is 6.54 Å². The van der Waals surface area contributed by atoms with Crippen molar-refractivity contribution in [2.75, 3.05) is 13.1 Å². The summed E-state index contributed by atoms with van der Waals surface area (Å²) in [6.07, 6.45) is 2.31. The van der Waals surface area contributed by atoms with E-state index in [0.29, 0.717) is 23.7 Å². The molecule has 1 aliphatic rings. The summed E-state index contributed by atoms with van der Waals surface area (Å²) in [4.78, 5) is 6.83. The zero-order valence-electron chi connectivity index (χ0n) is 11.7. The first-order chi connectivity index (χ1) is 9.72. The van der Waals surface area contributed by atoms with Crippen LogP contribution in [0.2, 0.25) is 0 Å². The van der Waals surface area contributed by atoms with E-state index in [4.69, 9.17) is 10.3 Å². The molecule has 1 atom stereocenters. The van der Waals surface area contributed by atoms with Crippen LogP contribution in [0.3, 0.4) is 0 Å². The van der Waals surface area contributed by atoms with Gasteiger partial charge in [-0.25, -0.2) is 0 Å². The van der Waals surface area contributed by atoms with Gasteiger partial charge in [0.1, 0.15) is 0 Å². The number of rotatable bonds is 4. The van der Waals surface area contributed by atoms with Crippen molar-refractivity contribution >= 4 is 11.3 Å². The third-order valence-electron chi connectivity index (χ3n) is 3.98. The molecule has 0 amide bonds. The summed E-state index contributed by atoms with van der Waals surface area (Å²) in [5.74, 6) is 2.03. The minimum absolute atomic E-state index is 0.297. The normalized spacial score (nSPS) is 19.3. The Morgan fingerprint density at radius 3 is 2.95 bits per heavy atom. The van der Waals surface area contributed by atoms with Gasteiger partial charge in [-0.15, -0.1) is 0 Å². The average Bonchev–Trinajstić information content (AvgIpc) is 3.09. The van der Waals surface area contributed by atoms with E-state index in [0.717, 1.165) is 38.0 Å². The third-order valence-corrected chi connectivity index (χ3v) is 4.67. The van der Waals surface area contributed by atoms with Gasteiger partial charge in [-0.05, 0) is 50.2 Å². The molecule has 0 radical (unpaired) electrons. The Kier molecular flexibility index (Phi) is 4.14. The Morgan fingerprint density at radius 2 is 2.30 bits per heavy atom. The maximum absolute atomic E-state index is 5.96. The van der Waals surface area contributed by atoms with Gasteiger partial charge >= 0.3 is 0 Å². The second-order valence-electron chi connectivity index (χ2n) is 5.50. The van der Waals surface area contributed by atoms with Crippen molar-refractivity contribution in [1.29, 1.82) is 0 Å². The predicted octanol–water partition coefficient (Wildman–Crippen LogP) is 2.36. The Morgan fingerprint density at radius 1 is 1.50 bits per heavy atom. The second kappa shape index (κ2) is 6.03. The fourth-order valence-electron chi connectivity index (χ4n) is 2.66. The smallest absolute Gasteiger partial charge is 0.241 e. The first-order valence-corrected chi connectivity index (χ1v) is 8.00. The van der Waals surface area contributed by atoms with E-state index in [1.165, 1.54) is 0 Å². The molecule has 0 aromatic carbocycles. The Bertz CT molecular complexity index is 529. The molecular weight excluding hydrogens is 272 g/mol. The molecule has 20 heavy (non-hydrogen) atoms. The molecule has 0 spiro atoms. The molecule has 2 aromatic heterocycles. The van der Waals surface area contributed by atoms with E-state index in [-0.39, 0.29) is 0 Å². The van der Waals surface area contributed by atoms with Gasteiger partial charge in [-0.1, -0.05) is 5.16 Å². The first-order valence-electron chi connectivity index (χ1n) is 7.05. The molecule has 6 heteroatoms. The average molecular weight is 292 g/mol. The van der Waals surface area contributed by atoms with Crippen LogP contribution in [0.1, 0.15) is 25.7 Å². The number of thiophene rings is 1. The first kappa shape index (κ1) is 13.7. The van der Waals surface area contributed by atoms with Gasteiger partial charge in [0, 0.05) is 17.0 Å². The lowest BCUT2D eigenvalue weighted by atomic mass is 9.91. The van der Waals surface area contributed by atoms with E-state index in [9.17, 15) is 0 Å².